The molecule has 6 nitrogen and oxygen atoms in total. The van der Waals surface area contributed by atoms with Gasteiger partial charge in [-0.05, 0) is 75.2 Å². The van der Waals surface area contributed by atoms with Gasteiger partial charge in [0.05, 0.1) is 24.1 Å². The third kappa shape index (κ3) is 5.27. The van der Waals surface area contributed by atoms with Crippen LogP contribution in [0.5, 0.6) is 11.5 Å². The molecule has 0 bridgehead atoms. The SMILES string of the molecule is COc1cc(/C=C2\SC(=O)N(Cc3ccccc3Br)C2=O)ccc1OC(=O)c1ccccc1Br. The molecule has 34 heavy (non-hydrogen) atoms. The van der Waals surface area contributed by atoms with Gasteiger partial charge >= 0.3 is 5.97 Å². The zero-order chi connectivity index (χ0) is 24.2. The van der Waals surface area contributed by atoms with E-state index in [1.54, 1.807) is 48.5 Å². The molecule has 1 heterocycles. The van der Waals surface area contributed by atoms with E-state index >= 15 is 0 Å². The highest BCUT2D eigenvalue weighted by Crippen LogP contribution is 2.36. The van der Waals surface area contributed by atoms with E-state index in [4.69, 9.17) is 9.47 Å². The summed E-state index contributed by atoms with van der Waals surface area (Å²) in [6.45, 7) is 0.177. The number of amides is 2. The lowest BCUT2D eigenvalue weighted by Gasteiger charge is -2.13. The van der Waals surface area contributed by atoms with E-state index in [0.717, 1.165) is 21.8 Å². The van der Waals surface area contributed by atoms with Crippen molar-refractivity contribution in [2.24, 2.45) is 0 Å². The molecular weight excluding hydrogens is 586 g/mol. The summed E-state index contributed by atoms with van der Waals surface area (Å²) in [6, 6.07) is 19.3. The van der Waals surface area contributed by atoms with Crippen molar-refractivity contribution in [3.05, 3.63) is 97.3 Å². The maximum absolute atomic E-state index is 12.9. The van der Waals surface area contributed by atoms with E-state index in [1.165, 1.54) is 12.0 Å². The molecule has 1 fully saturated rings. The fourth-order valence-corrected chi connectivity index (χ4v) is 4.92. The highest BCUT2D eigenvalue weighted by molar-refractivity contribution is 9.10. The second-order valence-corrected chi connectivity index (χ2v) is 9.84. The Morgan fingerprint density at radius 1 is 0.971 bits per heavy atom. The molecule has 172 valence electrons. The standard InChI is InChI=1S/C25H17Br2NO5S/c1-32-21-12-15(10-11-20(21)33-24(30)17-7-3-5-9-19(17)27)13-22-23(29)28(25(31)34-22)14-16-6-2-4-8-18(16)26/h2-13H,14H2,1H3/b22-13-. The Balaban J connectivity index is 1.53. The van der Waals surface area contributed by atoms with Gasteiger partial charge in [0, 0.05) is 8.95 Å². The molecule has 3 aromatic carbocycles. The number of imide groups is 1. The smallest absolute Gasteiger partial charge is 0.344 e. The van der Waals surface area contributed by atoms with Gasteiger partial charge in [-0.15, -0.1) is 0 Å². The predicted molar refractivity (Wildman–Crippen MR) is 138 cm³/mol. The van der Waals surface area contributed by atoms with Crippen molar-refractivity contribution < 1.29 is 23.9 Å². The van der Waals surface area contributed by atoms with Crippen molar-refractivity contribution in [3.8, 4) is 11.5 Å². The minimum atomic E-state index is -0.535. The first-order valence-corrected chi connectivity index (χ1v) is 12.4. The Morgan fingerprint density at radius 2 is 1.68 bits per heavy atom. The molecule has 3 aromatic rings. The summed E-state index contributed by atoms with van der Waals surface area (Å²) in [5, 5.41) is -0.335. The first kappa shape index (κ1) is 24.3. The maximum atomic E-state index is 12.9. The molecule has 0 unspecified atom stereocenters. The molecule has 0 aromatic heterocycles. The summed E-state index contributed by atoms with van der Waals surface area (Å²) in [5.74, 6) is -0.343. The van der Waals surface area contributed by atoms with Crippen LogP contribution in [0.3, 0.4) is 0 Å². The monoisotopic (exact) mass is 601 g/mol. The molecule has 1 aliphatic heterocycles. The zero-order valence-corrected chi connectivity index (χ0v) is 21.8. The maximum Gasteiger partial charge on any atom is 0.344 e. The molecule has 2 amide bonds. The number of methoxy groups -OCH3 is 1. The average molecular weight is 603 g/mol. The van der Waals surface area contributed by atoms with Crippen LogP contribution in [-0.4, -0.2) is 29.1 Å². The fraction of sp³-hybridized carbons (Fsp3) is 0.0800. The lowest BCUT2D eigenvalue weighted by molar-refractivity contribution is -0.123. The van der Waals surface area contributed by atoms with Gasteiger partial charge in [0.25, 0.3) is 11.1 Å². The Kier molecular flexibility index (Phi) is 7.55. The van der Waals surface area contributed by atoms with Crippen LogP contribution < -0.4 is 9.47 Å². The second kappa shape index (κ2) is 10.6. The van der Waals surface area contributed by atoms with Crippen molar-refractivity contribution >= 4 is 66.8 Å². The van der Waals surface area contributed by atoms with E-state index in [-0.39, 0.29) is 23.4 Å². The van der Waals surface area contributed by atoms with Crippen LogP contribution in [-0.2, 0) is 11.3 Å². The van der Waals surface area contributed by atoms with Crippen LogP contribution >= 0.6 is 43.6 Å². The van der Waals surface area contributed by atoms with Crippen molar-refractivity contribution in [1.29, 1.82) is 0 Å². The van der Waals surface area contributed by atoms with Crippen LogP contribution in [0.25, 0.3) is 6.08 Å². The number of hydrogen-bond acceptors (Lipinski definition) is 6. The Morgan fingerprint density at radius 3 is 2.38 bits per heavy atom. The summed E-state index contributed by atoms with van der Waals surface area (Å²) in [4.78, 5) is 39.4. The van der Waals surface area contributed by atoms with Crippen LogP contribution in [0, 0.1) is 0 Å². The number of benzene rings is 3. The number of halogens is 2. The number of ether oxygens (including phenoxy) is 2. The third-order valence-electron chi connectivity index (χ3n) is 4.94. The lowest BCUT2D eigenvalue weighted by Crippen LogP contribution is -2.27. The summed E-state index contributed by atoms with van der Waals surface area (Å²) >= 11 is 7.67. The first-order valence-electron chi connectivity index (χ1n) is 10.0. The fourth-order valence-electron chi connectivity index (χ4n) is 3.22. The molecule has 0 radical (unpaired) electrons. The second-order valence-electron chi connectivity index (χ2n) is 7.14. The molecular formula is C25H17Br2NO5S. The molecule has 0 N–H and O–H groups in total. The van der Waals surface area contributed by atoms with Gasteiger partial charge in [0.2, 0.25) is 0 Å². The highest BCUT2D eigenvalue weighted by atomic mass is 79.9. The summed E-state index contributed by atoms with van der Waals surface area (Å²) in [5.41, 5.74) is 1.85. The quantitative estimate of drug-likeness (QED) is 0.178. The van der Waals surface area contributed by atoms with Crippen LogP contribution in [0.2, 0.25) is 0 Å². The van der Waals surface area contributed by atoms with Crippen LogP contribution in [0.4, 0.5) is 4.79 Å². The molecule has 1 saturated heterocycles. The van der Waals surface area contributed by atoms with Gasteiger partial charge in [-0.25, -0.2) is 4.79 Å². The summed E-state index contributed by atoms with van der Waals surface area (Å²) < 4.78 is 12.3. The van der Waals surface area contributed by atoms with E-state index in [0.29, 0.717) is 26.3 Å². The highest BCUT2D eigenvalue weighted by Gasteiger charge is 2.35. The van der Waals surface area contributed by atoms with Crippen molar-refractivity contribution in [3.63, 3.8) is 0 Å². The predicted octanol–water partition coefficient (Wildman–Crippen LogP) is 6.68. The van der Waals surface area contributed by atoms with E-state index in [9.17, 15) is 14.4 Å². The molecule has 1 aliphatic rings. The third-order valence-corrected chi connectivity index (χ3v) is 7.31. The number of esters is 1. The Labute approximate surface area is 217 Å². The van der Waals surface area contributed by atoms with Crippen molar-refractivity contribution in [2.75, 3.05) is 7.11 Å². The lowest BCUT2D eigenvalue weighted by atomic mass is 10.1. The molecule has 0 spiro atoms. The van der Waals surface area contributed by atoms with Gasteiger partial charge in [-0.2, -0.15) is 0 Å². The molecule has 0 atom stereocenters. The summed E-state index contributed by atoms with van der Waals surface area (Å²) in [7, 11) is 1.46. The number of carbonyl (C=O) groups is 3. The number of carbonyl (C=O) groups excluding carboxylic acids is 3. The largest absolute Gasteiger partial charge is 0.493 e. The zero-order valence-electron chi connectivity index (χ0n) is 17.8. The van der Waals surface area contributed by atoms with Gasteiger partial charge in [-0.3, -0.25) is 14.5 Å². The topological polar surface area (TPSA) is 72.9 Å². The van der Waals surface area contributed by atoms with Crippen LogP contribution in [0.15, 0.2) is 80.6 Å². The van der Waals surface area contributed by atoms with Gasteiger partial charge in [0.15, 0.2) is 11.5 Å². The normalized spacial score (nSPS) is 14.6. The van der Waals surface area contributed by atoms with Crippen LogP contribution in [0.1, 0.15) is 21.5 Å². The Bertz CT molecular complexity index is 1320. The van der Waals surface area contributed by atoms with E-state index in [1.807, 2.05) is 24.3 Å². The summed E-state index contributed by atoms with van der Waals surface area (Å²) in [6.07, 6.45) is 1.62. The van der Waals surface area contributed by atoms with E-state index in [2.05, 4.69) is 31.9 Å². The van der Waals surface area contributed by atoms with Crippen molar-refractivity contribution in [1.82, 2.24) is 4.90 Å². The molecule has 4 rings (SSSR count). The molecule has 9 heteroatoms. The van der Waals surface area contributed by atoms with E-state index < -0.39 is 5.97 Å². The molecule has 0 saturated carbocycles. The minimum Gasteiger partial charge on any atom is -0.493 e. The number of thioether (sulfide) groups is 1. The van der Waals surface area contributed by atoms with Crippen molar-refractivity contribution in [2.45, 2.75) is 6.54 Å². The number of rotatable bonds is 6. The average Bonchev–Trinajstić information content (AvgIpc) is 3.08. The number of hydrogen-bond donors (Lipinski definition) is 0. The molecule has 0 aliphatic carbocycles. The van der Waals surface area contributed by atoms with Gasteiger partial charge in [0.1, 0.15) is 0 Å². The minimum absolute atomic E-state index is 0.177. The van der Waals surface area contributed by atoms with Gasteiger partial charge in [-0.1, -0.05) is 52.3 Å². The number of nitrogens with zero attached hydrogens (tertiary/aromatic N) is 1. The first-order chi connectivity index (χ1) is 16.4. The van der Waals surface area contributed by atoms with Gasteiger partial charge < -0.3 is 9.47 Å². The Hall–Kier alpha value is -2.88.